The number of ether oxygens (including phenoxy) is 1. The number of nitrogens with zero attached hydrogens (tertiary/aromatic N) is 1. The Morgan fingerprint density at radius 1 is 1.44 bits per heavy atom. The Bertz CT molecular complexity index is 543. The molecular formula is C13H14N2O. The summed E-state index contributed by atoms with van der Waals surface area (Å²) in [6.07, 6.45) is 1.03. The number of H-pyrrole nitrogens is 1. The van der Waals surface area contributed by atoms with E-state index < -0.39 is 0 Å². The second-order valence-electron chi connectivity index (χ2n) is 4.12. The van der Waals surface area contributed by atoms with Gasteiger partial charge in [0.15, 0.2) is 0 Å². The van der Waals surface area contributed by atoms with E-state index >= 15 is 0 Å². The Kier molecular flexibility index (Phi) is 1.99. The lowest BCUT2D eigenvalue weighted by atomic mass is 10.0. The average molecular weight is 214 g/mol. The number of fused-ring (bicyclic) bond motifs is 3. The van der Waals surface area contributed by atoms with Crippen LogP contribution in [0.3, 0.4) is 0 Å². The molecule has 0 spiro atoms. The van der Waals surface area contributed by atoms with Crippen molar-refractivity contribution in [2.75, 3.05) is 0 Å². The van der Waals surface area contributed by atoms with Gasteiger partial charge in [-0.15, -0.1) is 0 Å². The Balaban J connectivity index is 2.17. The lowest BCUT2D eigenvalue weighted by molar-refractivity contribution is 0.297. The molecule has 3 heteroatoms. The molecule has 3 nitrogen and oxygen atoms in total. The normalized spacial score (nSPS) is 12.9. The van der Waals surface area contributed by atoms with Crippen LogP contribution >= 0.6 is 0 Å². The third-order valence-electron chi connectivity index (χ3n) is 2.98. The van der Waals surface area contributed by atoms with Gasteiger partial charge in [-0.05, 0) is 31.0 Å². The first-order valence-electron chi connectivity index (χ1n) is 5.59. The fraction of sp³-hybridized carbons (Fsp3) is 0.308. The molecule has 0 saturated heterocycles. The highest BCUT2D eigenvalue weighted by atomic mass is 16.5. The summed E-state index contributed by atoms with van der Waals surface area (Å²) in [5.41, 5.74) is 4.52. The van der Waals surface area contributed by atoms with Crippen molar-refractivity contribution < 1.29 is 4.74 Å². The number of nitrogens with one attached hydrogen (secondary N) is 1. The highest BCUT2D eigenvalue weighted by Gasteiger charge is 2.20. The van der Waals surface area contributed by atoms with Crippen LogP contribution in [-0.2, 0) is 13.0 Å². The van der Waals surface area contributed by atoms with Crippen LogP contribution < -0.4 is 4.74 Å². The van der Waals surface area contributed by atoms with Crippen molar-refractivity contribution >= 4 is 0 Å². The van der Waals surface area contributed by atoms with Crippen LogP contribution in [0.1, 0.15) is 24.0 Å². The summed E-state index contributed by atoms with van der Waals surface area (Å²) in [6, 6.07) is 6.36. The van der Waals surface area contributed by atoms with Crippen molar-refractivity contribution in [2.45, 2.75) is 26.9 Å². The van der Waals surface area contributed by atoms with Crippen LogP contribution in [0.4, 0.5) is 0 Å². The molecule has 0 atom stereocenters. The highest BCUT2D eigenvalue weighted by Crippen LogP contribution is 2.36. The molecular weight excluding hydrogens is 200 g/mol. The molecule has 1 aromatic heterocycles. The van der Waals surface area contributed by atoms with Gasteiger partial charge in [0, 0.05) is 5.56 Å². The lowest BCUT2D eigenvalue weighted by Gasteiger charge is -2.17. The number of aromatic amines is 1. The maximum atomic E-state index is 5.73. The summed E-state index contributed by atoms with van der Waals surface area (Å²) in [6.45, 7) is 4.71. The van der Waals surface area contributed by atoms with Crippen molar-refractivity contribution in [3.8, 4) is 17.0 Å². The molecule has 0 amide bonds. The first kappa shape index (κ1) is 9.46. The van der Waals surface area contributed by atoms with Gasteiger partial charge in [-0.25, -0.2) is 4.98 Å². The molecule has 0 unspecified atom stereocenters. The Labute approximate surface area is 94.5 Å². The summed E-state index contributed by atoms with van der Waals surface area (Å²) in [5, 5.41) is 0. The smallest absolute Gasteiger partial charge is 0.130 e. The molecule has 82 valence electrons. The van der Waals surface area contributed by atoms with Crippen molar-refractivity contribution in [3.05, 3.63) is 35.3 Å². The fourth-order valence-electron chi connectivity index (χ4n) is 2.12. The van der Waals surface area contributed by atoms with Crippen LogP contribution in [0.25, 0.3) is 11.3 Å². The van der Waals surface area contributed by atoms with E-state index in [4.69, 9.17) is 4.74 Å². The van der Waals surface area contributed by atoms with Crippen molar-refractivity contribution in [1.29, 1.82) is 0 Å². The number of hydrogen-bond donors (Lipinski definition) is 1. The first-order chi connectivity index (χ1) is 7.78. The molecule has 0 fully saturated rings. The second-order valence-corrected chi connectivity index (χ2v) is 4.12. The molecule has 1 aliphatic rings. The van der Waals surface area contributed by atoms with Gasteiger partial charge in [-0.1, -0.05) is 13.0 Å². The van der Waals surface area contributed by atoms with E-state index in [9.17, 15) is 0 Å². The topological polar surface area (TPSA) is 37.9 Å². The summed E-state index contributed by atoms with van der Waals surface area (Å²) in [7, 11) is 0. The maximum Gasteiger partial charge on any atom is 0.130 e. The number of rotatable bonds is 1. The molecule has 2 heterocycles. The van der Waals surface area contributed by atoms with Gasteiger partial charge in [0.2, 0.25) is 0 Å². The lowest BCUT2D eigenvalue weighted by Crippen LogP contribution is -2.05. The minimum Gasteiger partial charge on any atom is -0.487 e. The van der Waals surface area contributed by atoms with Gasteiger partial charge in [0.05, 0.1) is 11.4 Å². The number of aromatic nitrogens is 2. The van der Waals surface area contributed by atoms with Gasteiger partial charge in [-0.2, -0.15) is 0 Å². The molecule has 3 rings (SSSR count). The largest absolute Gasteiger partial charge is 0.487 e. The van der Waals surface area contributed by atoms with E-state index in [1.807, 2.05) is 6.92 Å². The fourth-order valence-corrected chi connectivity index (χ4v) is 2.12. The highest BCUT2D eigenvalue weighted by molar-refractivity contribution is 5.71. The zero-order chi connectivity index (χ0) is 11.1. The Morgan fingerprint density at radius 3 is 3.12 bits per heavy atom. The molecule has 1 aliphatic heterocycles. The third kappa shape index (κ3) is 1.32. The zero-order valence-electron chi connectivity index (χ0n) is 9.50. The average Bonchev–Trinajstić information content (AvgIpc) is 2.69. The number of imidazole rings is 1. The van der Waals surface area contributed by atoms with E-state index in [2.05, 4.69) is 35.1 Å². The van der Waals surface area contributed by atoms with E-state index in [1.165, 1.54) is 5.56 Å². The standard InChI is InChI=1S/C13H14N2O/c1-3-9-4-5-10-12(6-9)16-7-11-13(10)15-8(2)14-11/h4-6H,3,7H2,1-2H3,(H,14,15). The monoisotopic (exact) mass is 214 g/mol. The SMILES string of the molecule is CCc1ccc2c(c1)OCc1[nH]c(C)nc1-2. The van der Waals surface area contributed by atoms with E-state index in [0.29, 0.717) is 6.61 Å². The van der Waals surface area contributed by atoms with Crippen LogP contribution in [0, 0.1) is 6.92 Å². The van der Waals surface area contributed by atoms with Crippen molar-refractivity contribution in [3.63, 3.8) is 0 Å². The van der Waals surface area contributed by atoms with E-state index in [-0.39, 0.29) is 0 Å². The minimum atomic E-state index is 0.594. The van der Waals surface area contributed by atoms with Gasteiger partial charge in [0.25, 0.3) is 0 Å². The number of hydrogen-bond acceptors (Lipinski definition) is 2. The molecule has 16 heavy (non-hydrogen) atoms. The van der Waals surface area contributed by atoms with Gasteiger partial charge >= 0.3 is 0 Å². The quantitative estimate of drug-likeness (QED) is 0.792. The summed E-state index contributed by atoms with van der Waals surface area (Å²) in [5.74, 6) is 1.90. The van der Waals surface area contributed by atoms with Crippen LogP contribution in [0.15, 0.2) is 18.2 Å². The van der Waals surface area contributed by atoms with Gasteiger partial charge in [-0.3, -0.25) is 0 Å². The molecule has 2 aromatic rings. The summed E-state index contributed by atoms with van der Waals surface area (Å²) < 4.78 is 5.73. The number of benzene rings is 1. The molecule has 1 N–H and O–H groups in total. The van der Waals surface area contributed by atoms with E-state index in [1.54, 1.807) is 0 Å². The molecule has 0 bridgehead atoms. The van der Waals surface area contributed by atoms with Gasteiger partial charge in [0.1, 0.15) is 18.2 Å². The van der Waals surface area contributed by atoms with Gasteiger partial charge < -0.3 is 9.72 Å². The van der Waals surface area contributed by atoms with E-state index in [0.717, 1.165) is 34.9 Å². The van der Waals surface area contributed by atoms with Crippen LogP contribution in [-0.4, -0.2) is 9.97 Å². The molecule has 1 aromatic carbocycles. The van der Waals surface area contributed by atoms with Crippen LogP contribution in [0.5, 0.6) is 5.75 Å². The third-order valence-corrected chi connectivity index (χ3v) is 2.98. The van der Waals surface area contributed by atoms with Crippen molar-refractivity contribution in [1.82, 2.24) is 9.97 Å². The second kappa shape index (κ2) is 3.37. The summed E-state index contributed by atoms with van der Waals surface area (Å²) >= 11 is 0. The summed E-state index contributed by atoms with van der Waals surface area (Å²) in [4.78, 5) is 7.74. The van der Waals surface area contributed by atoms with Crippen molar-refractivity contribution in [2.24, 2.45) is 0 Å². The zero-order valence-corrected chi connectivity index (χ0v) is 9.50. The maximum absolute atomic E-state index is 5.73. The molecule has 0 radical (unpaired) electrons. The predicted molar refractivity (Wildman–Crippen MR) is 62.5 cm³/mol. The predicted octanol–water partition coefficient (Wildman–Crippen LogP) is 2.84. The van der Waals surface area contributed by atoms with Crippen LogP contribution in [0.2, 0.25) is 0 Å². The Morgan fingerprint density at radius 2 is 2.31 bits per heavy atom. The first-order valence-corrected chi connectivity index (χ1v) is 5.59. The molecule has 0 aliphatic carbocycles. The number of aryl methyl sites for hydroxylation is 2. The molecule has 0 saturated carbocycles. The minimum absolute atomic E-state index is 0.594. The Hall–Kier alpha value is -1.77.